The zero-order valence-electron chi connectivity index (χ0n) is 11.0. The van der Waals surface area contributed by atoms with E-state index >= 15 is 0 Å². The monoisotopic (exact) mass is 269 g/mol. The summed E-state index contributed by atoms with van der Waals surface area (Å²) in [6, 6.07) is 10.3. The first-order valence-electron chi connectivity index (χ1n) is 6.24. The third kappa shape index (κ3) is 2.58. The first kappa shape index (κ1) is 12.1. The van der Waals surface area contributed by atoms with E-state index < -0.39 is 0 Å². The first-order valence-corrected chi connectivity index (χ1v) is 7.05. The molecule has 0 aliphatic carbocycles. The number of nitrogens with one attached hydrogen (secondary N) is 1. The maximum absolute atomic E-state index is 4.66. The van der Waals surface area contributed by atoms with Gasteiger partial charge in [0.1, 0.15) is 10.8 Å². The van der Waals surface area contributed by atoms with Gasteiger partial charge in [-0.1, -0.05) is 18.2 Å². The predicted molar refractivity (Wildman–Crippen MR) is 80.7 cm³/mol. The second-order valence-corrected chi connectivity index (χ2v) is 5.88. The van der Waals surface area contributed by atoms with Crippen LogP contribution in [0.3, 0.4) is 0 Å². The van der Waals surface area contributed by atoms with Gasteiger partial charge in [-0.3, -0.25) is 0 Å². The summed E-state index contributed by atoms with van der Waals surface area (Å²) in [4.78, 5) is 10.2. The van der Waals surface area contributed by atoms with E-state index in [1.807, 2.05) is 24.4 Å². The Morgan fingerprint density at radius 1 is 1.21 bits per heavy atom. The van der Waals surface area contributed by atoms with Gasteiger partial charge in [0.15, 0.2) is 0 Å². The Balaban J connectivity index is 1.86. The molecule has 0 aliphatic rings. The lowest BCUT2D eigenvalue weighted by Gasteiger charge is -2.08. The molecule has 0 atom stereocenters. The number of pyridine rings is 1. The molecule has 2 heterocycles. The summed E-state index contributed by atoms with van der Waals surface area (Å²) in [5.74, 6) is 0.937. The van der Waals surface area contributed by atoms with Crippen LogP contribution in [-0.2, 0) is 6.54 Å². The Morgan fingerprint density at radius 2 is 2.05 bits per heavy atom. The minimum absolute atomic E-state index is 0.727. The Labute approximate surface area is 116 Å². The quantitative estimate of drug-likeness (QED) is 0.783. The summed E-state index contributed by atoms with van der Waals surface area (Å²) in [5.41, 5.74) is 2.18. The lowest BCUT2D eigenvalue weighted by molar-refractivity contribution is 1.08. The predicted octanol–water partition coefficient (Wildman–Crippen LogP) is 3.92. The normalized spacial score (nSPS) is 10.8. The van der Waals surface area contributed by atoms with Crippen LogP contribution in [0.1, 0.15) is 15.4 Å². The molecule has 0 fully saturated rings. The summed E-state index contributed by atoms with van der Waals surface area (Å²) in [6.07, 6.45) is 1.91. The zero-order chi connectivity index (χ0) is 13.2. The molecule has 3 nitrogen and oxygen atoms in total. The Morgan fingerprint density at radius 3 is 2.84 bits per heavy atom. The second-order valence-electron chi connectivity index (χ2n) is 4.56. The average Bonchev–Trinajstić information content (AvgIpc) is 2.82. The molecule has 1 N–H and O–H groups in total. The average molecular weight is 269 g/mol. The van der Waals surface area contributed by atoms with Crippen molar-refractivity contribution < 1.29 is 0 Å². The molecule has 0 saturated heterocycles. The highest BCUT2D eigenvalue weighted by Crippen LogP contribution is 2.20. The van der Waals surface area contributed by atoms with Crippen LogP contribution in [0.25, 0.3) is 10.9 Å². The molecular weight excluding hydrogens is 254 g/mol. The molecule has 0 aliphatic heterocycles. The lowest BCUT2D eigenvalue weighted by Crippen LogP contribution is -2.03. The van der Waals surface area contributed by atoms with Gasteiger partial charge in [-0.05, 0) is 31.5 Å². The number of aryl methyl sites for hydroxylation is 2. The van der Waals surface area contributed by atoms with E-state index in [-0.39, 0.29) is 0 Å². The highest BCUT2D eigenvalue weighted by Gasteiger charge is 2.04. The molecule has 0 radical (unpaired) electrons. The van der Waals surface area contributed by atoms with Crippen LogP contribution in [0.5, 0.6) is 0 Å². The molecule has 3 rings (SSSR count). The van der Waals surface area contributed by atoms with Gasteiger partial charge in [0, 0.05) is 16.5 Å². The van der Waals surface area contributed by atoms with E-state index in [0.29, 0.717) is 0 Å². The van der Waals surface area contributed by atoms with Gasteiger partial charge < -0.3 is 5.32 Å². The number of hydrogen-bond donors (Lipinski definition) is 1. The highest BCUT2D eigenvalue weighted by atomic mass is 32.1. The minimum Gasteiger partial charge on any atom is -0.363 e. The van der Waals surface area contributed by atoms with Gasteiger partial charge in [-0.15, -0.1) is 11.3 Å². The number of thiazole rings is 1. The second kappa shape index (κ2) is 4.97. The molecule has 1 aromatic carbocycles. The van der Waals surface area contributed by atoms with Crippen molar-refractivity contribution in [1.82, 2.24) is 9.97 Å². The maximum Gasteiger partial charge on any atom is 0.129 e. The molecule has 0 spiro atoms. The van der Waals surface area contributed by atoms with Crippen molar-refractivity contribution in [2.24, 2.45) is 0 Å². The number of aromatic nitrogens is 2. The summed E-state index contributed by atoms with van der Waals surface area (Å²) >= 11 is 1.72. The van der Waals surface area contributed by atoms with E-state index in [9.17, 15) is 0 Å². The fraction of sp³-hybridized carbons (Fsp3) is 0.200. The molecule has 19 heavy (non-hydrogen) atoms. The van der Waals surface area contributed by atoms with E-state index in [1.54, 1.807) is 11.3 Å². The van der Waals surface area contributed by atoms with Gasteiger partial charge in [-0.2, -0.15) is 0 Å². The SMILES string of the molecule is Cc1cnc(CNc2nc3ccccc3cc2C)s1. The Kier molecular flexibility index (Phi) is 3.17. The Bertz CT molecular complexity index is 718. The van der Waals surface area contributed by atoms with Gasteiger partial charge in [0.05, 0.1) is 12.1 Å². The van der Waals surface area contributed by atoms with Crippen molar-refractivity contribution in [3.05, 3.63) is 52.0 Å². The third-order valence-electron chi connectivity index (χ3n) is 2.99. The minimum atomic E-state index is 0.727. The lowest BCUT2D eigenvalue weighted by atomic mass is 10.1. The van der Waals surface area contributed by atoms with Gasteiger partial charge >= 0.3 is 0 Å². The largest absolute Gasteiger partial charge is 0.363 e. The van der Waals surface area contributed by atoms with E-state index in [0.717, 1.165) is 28.5 Å². The smallest absolute Gasteiger partial charge is 0.129 e. The van der Waals surface area contributed by atoms with Crippen LogP contribution in [-0.4, -0.2) is 9.97 Å². The summed E-state index contributed by atoms with van der Waals surface area (Å²) < 4.78 is 0. The molecular formula is C15H15N3S. The van der Waals surface area contributed by atoms with Crippen molar-refractivity contribution in [3.63, 3.8) is 0 Å². The molecule has 96 valence electrons. The summed E-state index contributed by atoms with van der Waals surface area (Å²) in [5, 5.41) is 5.64. The van der Waals surface area contributed by atoms with Crippen LogP contribution in [0, 0.1) is 13.8 Å². The number of nitrogens with zero attached hydrogens (tertiary/aromatic N) is 2. The maximum atomic E-state index is 4.66. The van der Waals surface area contributed by atoms with Crippen LogP contribution >= 0.6 is 11.3 Å². The fourth-order valence-corrected chi connectivity index (χ4v) is 2.77. The highest BCUT2D eigenvalue weighted by molar-refractivity contribution is 7.11. The zero-order valence-corrected chi connectivity index (χ0v) is 11.8. The van der Waals surface area contributed by atoms with E-state index in [2.05, 4.69) is 41.3 Å². The van der Waals surface area contributed by atoms with Crippen LogP contribution in [0.15, 0.2) is 36.5 Å². The molecule has 0 amide bonds. The van der Waals surface area contributed by atoms with Crippen molar-refractivity contribution >= 4 is 28.1 Å². The van der Waals surface area contributed by atoms with Crippen LogP contribution < -0.4 is 5.32 Å². The van der Waals surface area contributed by atoms with Gasteiger partial charge in [0.2, 0.25) is 0 Å². The topological polar surface area (TPSA) is 37.8 Å². The number of anilines is 1. The standard InChI is InChI=1S/C15H15N3S/c1-10-7-12-5-3-4-6-13(12)18-15(10)17-9-14-16-8-11(2)19-14/h3-8H,9H2,1-2H3,(H,17,18). The first-order chi connectivity index (χ1) is 9.22. The Hall–Kier alpha value is -1.94. The van der Waals surface area contributed by atoms with Crippen LogP contribution in [0.2, 0.25) is 0 Å². The number of benzene rings is 1. The van der Waals surface area contributed by atoms with Gasteiger partial charge in [0.25, 0.3) is 0 Å². The summed E-state index contributed by atoms with van der Waals surface area (Å²) in [6.45, 7) is 4.88. The van der Waals surface area contributed by atoms with E-state index in [1.165, 1.54) is 10.3 Å². The molecule has 2 aromatic heterocycles. The molecule has 3 aromatic rings. The number of hydrogen-bond acceptors (Lipinski definition) is 4. The number of para-hydroxylation sites is 1. The van der Waals surface area contributed by atoms with Crippen molar-refractivity contribution in [1.29, 1.82) is 0 Å². The fourth-order valence-electron chi connectivity index (χ4n) is 2.04. The van der Waals surface area contributed by atoms with Crippen molar-refractivity contribution in [2.75, 3.05) is 5.32 Å². The van der Waals surface area contributed by atoms with Crippen molar-refractivity contribution in [2.45, 2.75) is 20.4 Å². The number of fused-ring (bicyclic) bond motifs is 1. The molecule has 0 bridgehead atoms. The van der Waals surface area contributed by atoms with E-state index in [4.69, 9.17) is 0 Å². The molecule has 0 unspecified atom stereocenters. The third-order valence-corrected chi connectivity index (χ3v) is 3.90. The van der Waals surface area contributed by atoms with Crippen molar-refractivity contribution in [3.8, 4) is 0 Å². The van der Waals surface area contributed by atoms with Crippen LogP contribution in [0.4, 0.5) is 5.82 Å². The molecule has 4 heteroatoms. The summed E-state index contributed by atoms with van der Waals surface area (Å²) in [7, 11) is 0. The van der Waals surface area contributed by atoms with Gasteiger partial charge in [-0.25, -0.2) is 9.97 Å². The number of rotatable bonds is 3. The molecule has 0 saturated carbocycles.